The molecular weight excluding hydrogens is 232 g/mol. The molecule has 0 aliphatic carbocycles. The van der Waals surface area contributed by atoms with Crippen LogP contribution in [0.3, 0.4) is 0 Å². The van der Waals surface area contributed by atoms with Gasteiger partial charge < -0.3 is 20.1 Å². The van der Waals surface area contributed by atoms with Gasteiger partial charge in [0.15, 0.2) is 0 Å². The van der Waals surface area contributed by atoms with Crippen LogP contribution in [-0.4, -0.2) is 43.4 Å². The Balaban J connectivity index is 2.29. The summed E-state index contributed by atoms with van der Waals surface area (Å²) in [7, 11) is 1.61. The van der Waals surface area contributed by atoms with Gasteiger partial charge in [-0.25, -0.2) is 0 Å². The lowest BCUT2D eigenvalue weighted by Gasteiger charge is -2.41. The number of carbonyl (C=O) groups excluding carboxylic acids is 1. The fourth-order valence-electron chi connectivity index (χ4n) is 2.26. The quantitative estimate of drug-likeness (QED) is 0.814. The first-order valence-corrected chi connectivity index (χ1v) is 5.98. The molecule has 0 bridgehead atoms. The molecule has 2 rings (SSSR count). The standard InChI is InChI=1S/C13H18N2O3/c1-9-7-14-13(17)12(8-16)15(9)10-3-5-11(18-2)6-4-10/h3-6,9,12,16H,7-8H2,1-2H3,(H,14,17). The maximum absolute atomic E-state index is 11.7. The smallest absolute Gasteiger partial charge is 0.245 e. The summed E-state index contributed by atoms with van der Waals surface area (Å²) < 4.78 is 5.11. The van der Waals surface area contributed by atoms with Crippen LogP contribution < -0.4 is 15.0 Å². The molecule has 0 saturated carbocycles. The first kappa shape index (κ1) is 12.7. The average Bonchev–Trinajstić information content (AvgIpc) is 2.41. The zero-order chi connectivity index (χ0) is 13.1. The Morgan fingerprint density at radius 1 is 1.44 bits per heavy atom. The Labute approximate surface area is 106 Å². The summed E-state index contributed by atoms with van der Waals surface area (Å²) in [5, 5.41) is 12.2. The van der Waals surface area contributed by atoms with Gasteiger partial charge in [-0.15, -0.1) is 0 Å². The van der Waals surface area contributed by atoms with Crippen molar-refractivity contribution < 1.29 is 14.6 Å². The van der Waals surface area contributed by atoms with Gasteiger partial charge in [-0.05, 0) is 31.2 Å². The zero-order valence-electron chi connectivity index (χ0n) is 10.6. The maximum atomic E-state index is 11.7. The van der Waals surface area contributed by atoms with Crippen LogP contribution in [0.5, 0.6) is 5.75 Å². The number of rotatable bonds is 3. The van der Waals surface area contributed by atoms with Crippen LogP contribution in [0.15, 0.2) is 24.3 Å². The summed E-state index contributed by atoms with van der Waals surface area (Å²) in [4.78, 5) is 13.7. The molecule has 18 heavy (non-hydrogen) atoms. The van der Waals surface area contributed by atoms with Gasteiger partial charge in [0, 0.05) is 18.3 Å². The summed E-state index contributed by atoms with van der Waals surface area (Å²) in [6, 6.07) is 7.12. The van der Waals surface area contributed by atoms with E-state index in [1.54, 1.807) is 7.11 Å². The first-order chi connectivity index (χ1) is 8.67. The van der Waals surface area contributed by atoms with Gasteiger partial charge in [0.25, 0.3) is 0 Å². The van der Waals surface area contributed by atoms with Gasteiger partial charge in [-0.1, -0.05) is 0 Å². The number of piperazine rings is 1. The lowest BCUT2D eigenvalue weighted by atomic mass is 10.1. The third-order valence-electron chi connectivity index (χ3n) is 3.23. The first-order valence-electron chi connectivity index (χ1n) is 5.98. The SMILES string of the molecule is COc1ccc(N2C(C)CNC(=O)C2CO)cc1. The summed E-state index contributed by atoms with van der Waals surface area (Å²) >= 11 is 0. The van der Waals surface area contributed by atoms with Gasteiger partial charge in [-0.3, -0.25) is 4.79 Å². The number of benzene rings is 1. The lowest BCUT2D eigenvalue weighted by Crippen LogP contribution is -2.61. The fraction of sp³-hybridized carbons (Fsp3) is 0.462. The molecule has 0 spiro atoms. The molecular formula is C13H18N2O3. The number of hydrogen-bond acceptors (Lipinski definition) is 4. The number of amides is 1. The second kappa shape index (κ2) is 5.27. The van der Waals surface area contributed by atoms with Crippen molar-refractivity contribution in [1.29, 1.82) is 0 Å². The second-order valence-corrected chi connectivity index (χ2v) is 4.40. The minimum Gasteiger partial charge on any atom is -0.497 e. The van der Waals surface area contributed by atoms with Gasteiger partial charge >= 0.3 is 0 Å². The number of nitrogens with zero attached hydrogens (tertiary/aromatic N) is 1. The van der Waals surface area contributed by atoms with Crippen molar-refractivity contribution in [3.63, 3.8) is 0 Å². The van der Waals surface area contributed by atoms with Gasteiger partial charge in [0.1, 0.15) is 11.8 Å². The highest BCUT2D eigenvalue weighted by Crippen LogP contribution is 2.24. The van der Waals surface area contributed by atoms with Crippen molar-refractivity contribution >= 4 is 11.6 Å². The minimum absolute atomic E-state index is 0.133. The lowest BCUT2D eigenvalue weighted by molar-refractivity contribution is -0.124. The topological polar surface area (TPSA) is 61.8 Å². The summed E-state index contributed by atoms with van der Waals surface area (Å²) in [5.41, 5.74) is 0.914. The van der Waals surface area contributed by atoms with Gasteiger partial charge in [-0.2, -0.15) is 0 Å². The Kier molecular flexibility index (Phi) is 3.72. The van der Waals surface area contributed by atoms with E-state index in [0.29, 0.717) is 6.54 Å². The molecule has 2 N–H and O–H groups in total. The second-order valence-electron chi connectivity index (χ2n) is 4.40. The Morgan fingerprint density at radius 2 is 2.11 bits per heavy atom. The summed E-state index contributed by atoms with van der Waals surface area (Å²) in [5.74, 6) is 0.639. The molecule has 98 valence electrons. The van der Waals surface area contributed by atoms with E-state index in [1.165, 1.54) is 0 Å². The monoisotopic (exact) mass is 250 g/mol. The Hall–Kier alpha value is -1.75. The molecule has 1 saturated heterocycles. The molecule has 1 fully saturated rings. The molecule has 1 aliphatic rings. The molecule has 1 amide bonds. The van der Waals surface area contributed by atoms with E-state index in [-0.39, 0.29) is 18.6 Å². The van der Waals surface area contributed by atoms with Crippen molar-refractivity contribution in [3.8, 4) is 5.75 Å². The number of ether oxygens (including phenoxy) is 1. The molecule has 1 aliphatic heterocycles. The summed E-state index contributed by atoms with van der Waals surface area (Å²) in [6.07, 6.45) is 0. The molecule has 2 atom stereocenters. The highest BCUT2D eigenvalue weighted by Gasteiger charge is 2.33. The Morgan fingerprint density at radius 3 is 2.67 bits per heavy atom. The van der Waals surface area contributed by atoms with E-state index in [0.717, 1.165) is 11.4 Å². The van der Waals surface area contributed by atoms with Crippen molar-refractivity contribution in [1.82, 2.24) is 5.32 Å². The molecule has 5 nitrogen and oxygen atoms in total. The van der Waals surface area contributed by atoms with E-state index >= 15 is 0 Å². The number of aliphatic hydroxyl groups excluding tert-OH is 1. The van der Waals surface area contributed by atoms with Crippen LogP contribution in [0.2, 0.25) is 0 Å². The highest BCUT2D eigenvalue weighted by atomic mass is 16.5. The van der Waals surface area contributed by atoms with E-state index < -0.39 is 6.04 Å². The highest BCUT2D eigenvalue weighted by molar-refractivity contribution is 5.87. The van der Waals surface area contributed by atoms with Crippen molar-refractivity contribution in [3.05, 3.63) is 24.3 Å². The number of carbonyl (C=O) groups is 1. The fourth-order valence-corrected chi connectivity index (χ4v) is 2.26. The predicted molar refractivity (Wildman–Crippen MR) is 68.8 cm³/mol. The maximum Gasteiger partial charge on any atom is 0.245 e. The van der Waals surface area contributed by atoms with Crippen molar-refractivity contribution in [2.75, 3.05) is 25.2 Å². The van der Waals surface area contributed by atoms with Crippen LogP contribution in [-0.2, 0) is 4.79 Å². The molecule has 1 aromatic carbocycles. The molecule has 0 radical (unpaired) electrons. The van der Waals surface area contributed by atoms with E-state index in [4.69, 9.17) is 4.74 Å². The zero-order valence-corrected chi connectivity index (χ0v) is 10.6. The largest absolute Gasteiger partial charge is 0.497 e. The van der Waals surface area contributed by atoms with Crippen LogP contribution >= 0.6 is 0 Å². The normalized spacial score (nSPS) is 23.7. The number of nitrogens with one attached hydrogen (secondary N) is 1. The predicted octanol–water partition coefficient (Wildman–Crippen LogP) is 0.381. The molecule has 1 aromatic rings. The number of hydrogen-bond donors (Lipinski definition) is 2. The van der Waals surface area contributed by atoms with Gasteiger partial charge in [0.05, 0.1) is 13.7 Å². The van der Waals surface area contributed by atoms with E-state index in [2.05, 4.69) is 5.32 Å². The summed E-state index contributed by atoms with van der Waals surface area (Å²) in [6.45, 7) is 2.41. The third-order valence-corrected chi connectivity index (χ3v) is 3.23. The third kappa shape index (κ3) is 2.26. The van der Waals surface area contributed by atoms with Crippen LogP contribution in [0, 0.1) is 0 Å². The molecule has 0 aromatic heterocycles. The average molecular weight is 250 g/mol. The van der Waals surface area contributed by atoms with Gasteiger partial charge in [0.2, 0.25) is 5.91 Å². The van der Waals surface area contributed by atoms with E-state index in [9.17, 15) is 9.90 Å². The van der Waals surface area contributed by atoms with E-state index in [1.807, 2.05) is 36.1 Å². The number of methoxy groups -OCH3 is 1. The minimum atomic E-state index is -0.526. The van der Waals surface area contributed by atoms with Crippen LogP contribution in [0.4, 0.5) is 5.69 Å². The van der Waals surface area contributed by atoms with Crippen molar-refractivity contribution in [2.24, 2.45) is 0 Å². The number of anilines is 1. The molecule has 5 heteroatoms. The van der Waals surface area contributed by atoms with Crippen molar-refractivity contribution in [2.45, 2.75) is 19.0 Å². The number of aliphatic hydroxyl groups is 1. The molecule has 2 unspecified atom stereocenters. The molecule has 1 heterocycles. The van der Waals surface area contributed by atoms with Crippen LogP contribution in [0.25, 0.3) is 0 Å². The Bertz CT molecular complexity index is 419. The van der Waals surface area contributed by atoms with Crippen LogP contribution in [0.1, 0.15) is 6.92 Å².